The molecule has 1 fully saturated rings. The lowest BCUT2D eigenvalue weighted by Gasteiger charge is -2.20. The van der Waals surface area contributed by atoms with Crippen molar-refractivity contribution in [3.05, 3.63) is 17.8 Å². The average Bonchev–Trinajstić information content (AvgIpc) is 2.67. The standard InChI is InChI=1S/C10H15FN2O/c11-6-9-7-14-10(13-9)5-8-1-3-12-4-2-8/h7-8,12H,1-6H2. The van der Waals surface area contributed by atoms with Crippen molar-refractivity contribution in [1.29, 1.82) is 0 Å². The Morgan fingerprint density at radius 1 is 1.50 bits per heavy atom. The third kappa shape index (κ3) is 2.32. The molecule has 78 valence electrons. The molecule has 0 amide bonds. The van der Waals surface area contributed by atoms with Crippen LogP contribution in [-0.4, -0.2) is 18.1 Å². The van der Waals surface area contributed by atoms with Crippen LogP contribution < -0.4 is 5.32 Å². The smallest absolute Gasteiger partial charge is 0.194 e. The highest BCUT2D eigenvalue weighted by Crippen LogP contribution is 2.17. The van der Waals surface area contributed by atoms with Gasteiger partial charge in [-0.3, -0.25) is 0 Å². The molecule has 0 saturated carbocycles. The Balaban J connectivity index is 1.89. The van der Waals surface area contributed by atoms with Gasteiger partial charge in [-0.2, -0.15) is 0 Å². The number of hydrogen-bond acceptors (Lipinski definition) is 3. The van der Waals surface area contributed by atoms with Gasteiger partial charge in [0.05, 0.1) is 0 Å². The molecule has 1 aromatic heterocycles. The molecule has 0 unspecified atom stereocenters. The Labute approximate surface area is 82.7 Å². The van der Waals surface area contributed by atoms with Gasteiger partial charge < -0.3 is 9.73 Å². The third-order valence-electron chi connectivity index (χ3n) is 2.66. The molecular weight excluding hydrogens is 183 g/mol. The summed E-state index contributed by atoms with van der Waals surface area (Å²) in [5.41, 5.74) is 0.411. The summed E-state index contributed by atoms with van der Waals surface area (Å²) in [4.78, 5) is 4.06. The summed E-state index contributed by atoms with van der Waals surface area (Å²) >= 11 is 0. The molecule has 1 aromatic rings. The molecule has 1 aliphatic rings. The highest BCUT2D eigenvalue weighted by atomic mass is 19.1. The molecule has 0 spiro atoms. The predicted molar refractivity (Wildman–Crippen MR) is 50.6 cm³/mol. The zero-order valence-electron chi connectivity index (χ0n) is 8.13. The van der Waals surface area contributed by atoms with Gasteiger partial charge in [0, 0.05) is 6.42 Å². The van der Waals surface area contributed by atoms with Crippen LogP contribution in [0.15, 0.2) is 10.7 Å². The van der Waals surface area contributed by atoms with Gasteiger partial charge >= 0.3 is 0 Å². The van der Waals surface area contributed by atoms with E-state index in [2.05, 4.69) is 10.3 Å². The largest absolute Gasteiger partial charge is 0.449 e. The lowest BCUT2D eigenvalue weighted by molar-refractivity contribution is 0.341. The Morgan fingerprint density at radius 3 is 2.93 bits per heavy atom. The minimum atomic E-state index is -0.532. The van der Waals surface area contributed by atoms with Gasteiger partial charge in [-0.25, -0.2) is 9.37 Å². The summed E-state index contributed by atoms with van der Waals surface area (Å²) in [6.07, 6.45) is 4.58. The fourth-order valence-corrected chi connectivity index (χ4v) is 1.84. The van der Waals surface area contributed by atoms with E-state index in [0.29, 0.717) is 17.5 Å². The number of nitrogens with one attached hydrogen (secondary N) is 1. The van der Waals surface area contributed by atoms with Crippen molar-refractivity contribution in [2.75, 3.05) is 13.1 Å². The number of hydrogen-bond donors (Lipinski definition) is 1. The fourth-order valence-electron chi connectivity index (χ4n) is 1.84. The van der Waals surface area contributed by atoms with Crippen molar-refractivity contribution >= 4 is 0 Å². The quantitative estimate of drug-likeness (QED) is 0.803. The van der Waals surface area contributed by atoms with Crippen LogP contribution in [0.2, 0.25) is 0 Å². The van der Waals surface area contributed by atoms with Gasteiger partial charge in [0.2, 0.25) is 0 Å². The highest BCUT2D eigenvalue weighted by Gasteiger charge is 2.16. The molecular formula is C10H15FN2O. The minimum Gasteiger partial charge on any atom is -0.449 e. The van der Waals surface area contributed by atoms with Crippen LogP contribution in [0.25, 0.3) is 0 Å². The average molecular weight is 198 g/mol. The van der Waals surface area contributed by atoms with Gasteiger partial charge in [-0.1, -0.05) is 0 Å². The molecule has 14 heavy (non-hydrogen) atoms. The number of rotatable bonds is 3. The van der Waals surface area contributed by atoms with Gasteiger partial charge in [-0.05, 0) is 31.8 Å². The van der Waals surface area contributed by atoms with E-state index in [4.69, 9.17) is 4.42 Å². The zero-order chi connectivity index (χ0) is 9.80. The number of aromatic nitrogens is 1. The summed E-state index contributed by atoms with van der Waals surface area (Å²) in [7, 11) is 0. The topological polar surface area (TPSA) is 38.1 Å². The first kappa shape index (κ1) is 9.65. The van der Waals surface area contributed by atoms with E-state index in [0.717, 1.165) is 32.4 Å². The van der Waals surface area contributed by atoms with Crippen molar-refractivity contribution in [3.63, 3.8) is 0 Å². The summed E-state index contributed by atoms with van der Waals surface area (Å²) < 4.78 is 17.4. The predicted octanol–water partition coefficient (Wildman–Crippen LogP) is 1.69. The van der Waals surface area contributed by atoms with Gasteiger partial charge in [0.25, 0.3) is 0 Å². The molecule has 4 heteroatoms. The minimum absolute atomic E-state index is 0.411. The zero-order valence-corrected chi connectivity index (χ0v) is 8.13. The molecule has 2 rings (SSSR count). The molecule has 0 atom stereocenters. The lowest BCUT2D eigenvalue weighted by Crippen LogP contribution is -2.28. The van der Waals surface area contributed by atoms with Crippen LogP contribution in [0, 0.1) is 5.92 Å². The van der Waals surface area contributed by atoms with Gasteiger partial charge in [0.15, 0.2) is 5.89 Å². The SMILES string of the molecule is FCc1coc(CC2CCNCC2)n1. The first-order valence-electron chi connectivity index (χ1n) is 5.08. The maximum atomic E-state index is 12.2. The Bertz CT molecular complexity index is 281. The number of alkyl halides is 1. The molecule has 1 aliphatic heterocycles. The first-order valence-corrected chi connectivity index (χ1v) is 5.08. The molecule has 3 nitrogen and oxygen atoms in total. The van der Waals surface area contributed by atoms with Gasteiger partial charge in [0.1, 0.15) is 18.6 Å². The second-order valence-electron chi connectivity index (χ2n) is 3.76. The van der Waals surface area contributed by atoms with E-state index in [1.54, 1.807) is 0 Å². The Hall–Kier alpha value is -0.900. The van der Waals surface area contributed by atoms with Crippen molar-refractivity contribution in [3.8, 4) is 0 Å². The first-order chi connectivity index (χ1) is 6.88. The maximum absolute atomic E-state index is 12.2. The number of piperidine rings is 1. The second-order valence-corrected chi connectivity index (χ2v) is 3.76. The van der Waals surface area contributed by atoms with Crippen molar-refractivity contribution in [2.45, 2.75) is 25.9 Å². The monoisotopic (exact) mass is 198 g/mol. The summed E-state index contributed by atoms with van der Waals surface area (Å²) in [6.45, 7) is 1.61. The maximum Gasteiger partial charge on any atom is 0.194 e. The molecule has 0 aromatic carbocycles. The van der Waals surface area contributed by atoms with E-state index >= 15 is 0 Å². The van der Waals surface area contributed by atoms with E-state index in [1.807, 2.05) is 0 Å². The van der Waals surface area contributed by atoms with Gasteiger partial charge in [-0.15, -0.1) is 0 Å². The van der Waals surface area contributed by atoms with Crippen LogP contribution in [-0.2, 0) is 13.1 Å². The van der Waals surface area contributed by atoms with E-state index < -0.39 is 6.67 Å². The van der Waals surface area contributed by atoms with Crippen LogP contribution >= 0.6 is 0 Å². The molecule has 1 N–H and O–H groups in total. The van der Waals surface area contributed by atoms with E-state index in [9.17, 15) is 4.39 Å². The number of halogens is 1. The molecule has 0 bridgehead atoms. The van der Waals surface area contributed by atoms with Crippen LogP contribution in [0.3, 0.4) is 0 Å². The second kappa shape index (κ2) is 4.55. The lowest BCUT2D eigenvalue weighted by atomic mass is 9.95. The van der Waals surface area contributed by atoms with Crippen molar-refractivity contribution in [2.24, 2.45) is 5.92 Å². The van der Waals surface area contributed by atoms with E-state index in [-0.39, 0.29) is 0 Å². The Kier molecular flexibility index (Phi) is 3.14. The summed E-state index contributed by atoms with van der Waals surface area (Å²) in [5, 5.41) is 3.31. The molecule has 0 aliphatic carbocycles. The number of nitrogens with zero attached hydrogens (tertiary/aromatic N) is 1. The van der Waals surface area contributed by atoms with E-state index in [1.165, 1.54) is 6.26 Å². The van der Waals surface area contributed by atoms with Crippen molar-refractivity contribution < 1.29 is 8.81 Å². The molecule has 2 heterocycles. The normalized spacial score (nSPS) is 18.6. The summed E-state index contributed by atoms with van der Waals surface area (Å²) in [6, 6.07) is 0. The highest BCUT2D eigenvalue weighted by molar-refractivity contribution is 4.95. The molecule has 1 saturated heterocycles. The number of oxazole rings is 1. The van der Waals surface area contributed by atoms with Crippen LogP contribution in [0.1, 0.15) is 24.4 Å². The fraction of sp³-hybridized carbons (Fsp3) is 0.700. The molecule has 0 radical (unpaired) electrons. The third-order valence-corrected chi connectivity index (χ3v) is 2.66. The van der Waals surface area contributed by atoms with Crippen LogP contribution in [0.5, 0.6) is 0 Å². The Morgan fingerprint density at radius 2 is 2.29 bits per heavy atom. The van der Waals surface area contributed by atoms with Crippen molar-refractivity contribution in [1.82, 2.24) is 10.3 Å². The summed E-state index contributed by atoms with van der Waals surface area (Å²) in [5.74, 6) is 1.33. The van der Waals surface area contributed by atoms with Crippen LogP contribution in [0.4, 0.5) is 4.39 Å².